The molecule has 1 aliphatic heterocycles. The quantitative estimate of drug-likeness (QED) is 0.475. The first-order chi connectivity index (χ1) is 12.4. The number of rotatable bonds is 1. The highest BCUT2D eigenvalue weighted by molar-refractivity contribution is 9.10. The van der Waals surface area contributed by atoms with Crippen molar-refractivity contribution in [2.24, 2.45) is 4.99 Å². The summed E-state index contributed by atoms with van der Waals surface area (Å²) in [5.74, 6) is -0.683. The Balaban J connectivity index is 2.14. The predicted molar refractivity (Wildman–Crippen MR) is 101 cm³/mol. The van der Waals surface area contributed by atoms with Crippen molar-refractivity contribution in [2.45, 2.75) is 19.9 Å². The van der Waals surface area contributed by atoms with Gasteiger partial charge in [-0.05, 0) is 54.0 Å². The Morgan fingerprint density at radius 1 is 1.12 bits per heavy atom. The fourth-order valence-electron chi connectivity index (χ4n) is 3.25. The van der Waals surface area contributed by atoms with E-state index in [-0.39, 0.29) is 11.3 Å². The molecule has 0 N–H and O–H groups in total. The van der Waals surface area contributed by atoms with Gasteiger partial charge in [-0.3, -0.25) is 9.56 Å². The van der Waals surface area contributed by atoms with Crippen molar-refractivity contribution in [2.75, 3.05) is 0 Å². The molecule has 0 saturated carbocycles. The van der Waals surface area contributed by atoms with Crippen LogP contribution >= 0.6 is 27.5 Å². The van der Waals surface area contributed by atoms with Crippen LogP contribution in [0.2, 0.25) is 5.02 Å². The minimum absolute atomic E-state index is 0.180. The number of benzene rings is 2. The Hall–Kier alpha value is -2.05. The van der Waals surface area contributed by atoms with Crippen molar-refractivity contribution in [3.8, 4) is 5.69 Å². The molecule has 0 saturated heterocycles. The number of nitrogens with zero attached hydrogens (tertiary/aromatic N) is 3. The number of aromatic nitrogens is 2. The number of imidazole rings is 1. The summed E-state index contributed by atoms with van der Waals surface area (Å²) in [5, 5.41) is 0.344. The normalized spacial score (nSPS) is 15.9. The molecule has 0 aliphatic carbocycles. The van der Waals surface area contributed by atoms with E-state index >= 15 is 0 Å². The van der Waals surface area contributed by atoms with Gasteiger partial charge in [0.1, 0.15) is 23.5 Å². The lowest BCUT2D eigenvalue weighted by Crippen LogP contribution is -2.12. The molecule has 4 rings (SSSR count). The Bertz CT molecular complexity index is 1050. The highest BCUT2D eigenvalue weighted by atomic mass is 79.9. The smallest absolute Gasteiger partial charge is 0.138 e. The molecule has 0 fully saturated rings. The molecule has 3 nitrogen and oxygen atoms in total. The summed E-state index contributed by atoms with van der Waals surface area (Å²) < 4.78 is 31.7. The Morgan fingerprint density at radius 3 is 2.50 bits per heavy atom. The molecule has 1 unspecified atom stereocenters. The van der Waals surface area contributed by atoms with Gasteiger partial charge < -0.3 is 0 Å². The molecule has 0 bridgehead atoms. The third-order valence-electron chi connectivity index (χ3n) is 4.41. The summed E-state index contributed by atoms with van der Waals surface area (Å²) in [6.45, 7) is 3.75. The van der Waals surface area contributed by atoms with Crippen LogP contribution < -0.4 is 0 Å². The van der Waals surface area contributed by atoms with Crippen LogP contribution in [0.15, 0.2) is 46.0 Å². The number of hydrogen-bond acceptors (Lipinski definition) is 2. The summed E-state index contributed by atoms with van der Waals surface area (Å²) in [6, 6.07) is 7.00. The Morgan fingerprint density at radius 2 is 1.81 bits per heavy atom. The third-order valence-corrected chi connectivity index (χ3v) is 5.69. The van der Waals surface area contributed by atoms with Gasteiger partial charge in [0.15, 0.2) is 0 Å². The third kappa shape index (κ3) is 2.51. The van der Waals surface area contributed by atoms with E-state index in [1.54, 1.807) is 12.3 Å². The first kappa shape index (κ1) is 17.4. The van der Waals surface area contributed by atoms with Gasteiger partial charge in [0.25, 0.3) is 0 Å². The van der Waals surface area contributed by atoms with Gasteiger partial charge in [-0.1, -0.05) is 17.7 Å². The fourth-order valence-corrected chi connectivity index (χ4v) is 3.83. The molecule has 0 spiro atoms. The first-order valence-electron chi connectivity index (χ1n) is 7.95. The van der Waals surface area contributed by atoms with Crippen LogP contribution in [0.25, 0.3) is 5.69 Å². The van der Waals surface area contributed by atoms with E-state index in [1.807, 2.05) is 24.5 Å². The van der Waals surface area contributed by atoms with E-state index in [0.29, 0.717) is 26.6 Å². The molecule has 0 amide bonds. The van der Waals surface area contributed by atoms with E-state index in [1.165, 1.54) is 18.2 Å². The van der Waals surface area contributed by atoms with Gasteiger partial charge in [-0.15, -0.1) is 0 Å². The molecular formula is C19H13BrClF2N3. The second kappa shape index (κ2) is 6.28. The molecule has 26 heavy (non-hydrogen) atoms. The van der Waals surface area contributed by atoms with Crippen molar-refractivity contribution in [3.05, 3.63) is 80.3 Å². The van der Waals surface area contributed by atoms with Crippen LogP contribution in [0.4, 0.5) is 8.78 Å². The monoisotopic (exact) mass is 435 g/mol. The van der Waals surface area contributed by atoms with E-state index < -0.39 is 17.7 Å². The number of halogens is 4. The molecule has 2 aromatic carbocycles. The van der Waals surface area contributed by atoms with Crippen molar-refractivity contribution < 1.29 is 8.78 Å². The maximum absolute atomic E-state index is 14.6. The lowest BCUT2D eigenvalue weighted by Gasteiger charge is -2.16. The summed E-state index contributed by atoms with van der Waals surface area (Å²) in [6.07, 6.45) is 1.75. The highest BCUT2D eigenvalue weighted by Gasteiger charge is 2.30. The highest BCUT2D eigenvalue weighted by Crippen LogP contribution is 2.38. The zero-order valence-electron chi connectivity index (χ0n) is 13.9. The number of fused-ring (bicyclic) bond motifs is 3. The van der Waals surface area contributed by atoms with Crippen molar-refractivity contribution >= 4 is 33.2 Å². The minimum atomic E-state index is -0.686. The van der Waals surface area contributed by atoms with Crippen LogP contribution in [0.5, 0.6) is 0 Å². The standard InChI is InChI=1S/C19H13BrClF2N3/c1-9-8-24-19-10(2)25-18(15-12(22)4-3-5-13(15)23)16-14(26(9)19)7-6-11(20)17(16)21/h3-8,10H,1-2H3. The van der Waals surface area contributed by atoms with Crippen LogP contribution in [0.1, 0.15) is 35.6 Å². The Labute approximate surface area is 162 Å². The number of aliphatic imine (C=N–C) groups is 1. The largest absolute Gasteiger partial charge is 0.298 e. The lowest BCUT2D eigenvalue weighted by molar-refractivity contribution is 0.578. The summed E-state index contributed by atoms with van der Waals surface area (Å²) >= 11 is 9.96. The van der Waals surface area contributed by atoms with Gasteiger partial charge in [-0.25, -0.2) is 13.8 Å². The van der Waals surface area contributed by atoms with Crippen molar-refractivity contribution in [1.29, 1.82) is 0 Å². The van der Waals surface area contributed by atoms with E-state index in [2.05, 4.69) is 25.9 Å². The predicted octanol–water partition coefficient (Wildman–Crippen LogP) is 5.79. The average molecular weight is 437 g/mol. The van der Waals surface area contributed by atoms with Gasteiger partial charge in [-0.2, -0.15) is 0 Å². The summed E-state index contributed by atoms with van der Waals surface area (Å²) in [4.78, 5) is 9.05. The summed E-state index contributed by atoms with van der Waals surface area (Å²) in [7, 11) is 0. The molecule has 132 valence electrons. The average Bonchev–Trinajstić information content (AvgIpc) is 2.92. The Kier molecular flexibility index (Phi) is 4.20. The van der Waals surface area contributed by atoms with E-state index in [0.717, 1.165) is 5.69 Å². The van der Waals surface area contributed by atoms with E-state index in [9.17, 15) is 8.78 Å². The maximum Gasteiger partial charge on any atom is 0.138 e. The number of aryl methyl sites for hydroxylation is 1. The van der Waals surface area contributed by atoms with Crippen LogP contribution in [-0.2, 0) is 0 Å². The molecule has 2 heterocycles. The topological polar surface area (TPSA) is 30.2 Å². The van der Waals surface area contributed by atoms with Gasteiger partial charge in [0.05, 0.1) is 22.0 Å². The molecule has 0 radical (unpaired) electrons. The van der Waals surface area contributed by atoms with Gasteiger partial charge >= 0.3 is 0 Å². The zero-order valence-corrected chi connectivity index (χ0v) is 16.2. The fraction of sp³-hybridized carbons (Fsp3) is 0.158. The summed E-state index contributed by atoms with van der Waals surface area (Å²) in [5.41, 5.74) is 2.03. The van der Waals surface area contributed by atoms with Crippen molar-refractivity contribution in [3.63, 3.8) is 0 Å². The minimum Gasteiger partial charge on any atom is -0.298 e. The van der Waals surface area contributed by atoms with Crippen molar-refractivity contribution in [1.82, 2.24) is 9.55 Å². The van der Waals surface area contributed by atoms with Crippen LogP contribution in [0.3, 0.4) is 0 Å². The van der Waals surface area contributed by atoms with Crippen LogP contribution in [0, 0.1) is 18.6 Å². The number of hydrogen-bond donors (Lipinski definition) is 0. The SMILES string of the molecule is Cc1cnc2n1-c1ccc(Br)c(Cl)c1C(c1c(F)cccc1F)=NC2C. The van der Waals surface area contributed by atoms with E-state index in [4.69, 9.17) is 11.6 Å². The first-order valence-corrected chi connectivity index (χ1v) is 9.12. The second-order valence-corrected chi connectivity index (χ2v) is 7.33. The second-order valence-electron chi connectivity index (χ2n) is 6.10. The zero-order chi connectivity index (χ0) is 18.6. The van der Waals surface area contributed by atoms with Gasteiger partial charge in [0.2, 0.25) is 0 Å². The molecule has 1 aliphatic rings. The molecule has 3 aromatic rings. The molecule has 1 atom stereocenters. The molecule has 1 aromatic heterocycles. The van der Waals surface area contributed by atoms with Crippen LogP contribution in [-0.4, -0.2) is 15.3 Å². The molecular weight excluding hydrogens is 424 g/mol. The maximum atomic E-state index is 14.6. The molecule has 7 heteroatoms. The lowest BCUT2D eigenvalue weighted by atomic mass is 9.99. The van der Waals surface area contributed by atoms with Gasteiger partial charge in [0, 0.05) is 21.9 Å².